The fourth-order valence-electron chi connectivity index (χ4n) is 5.40. The lowest BCUT2D eigenvalue weighted by molar-refractivity contribution is 0.145. The molecule has 2 aromatic carbocycles. The standard InChI is InChI=1S/C26H27N/c1-18-7-5-6-10-22(18)26-16-24(23-15-19-11-13-21(23)14-12-19)25(17-27-26)20-8-3-2-4-9-20/h2-10,16-17,19,21,23H,11-15H2,1H3. The minimum Gasteiger partial charge on any atom is -0.256 e. The average Bonchev–Trinajstić information content (AvgIpc) is 2.75. The molecule has 3 aliphatic rings. The zero-order valence-electron chi connectivity index (χ0n) is 16.1. The first kappa shape index (κ1) is 16.7. The smallest absolute Gasteiger partial charge is 0.0707 e. The highest BCUT2D eigenvalue weighted by molar-refractivity contribution is 5.72. The summed E-state index contributed by atoms with van der Waals surface area (Å²) in [7, 11) is 0. The second kappa shape index (κ2) is 6.96. The quantitative estimate of drug-likeness (QED) is 0.493. The van der Waals surface area contributed by atoms with E-state index in [1.807, 2.05) is 0 Å². The molecule has 2 bridgehead atoms. The number of hydrogen-bond donors (Lipinski definition) is 0. The van der Waals surface area contributed by atoms with Gasteiger partial charge in [0.1, 0.15) is 0 Å². The van der Waals surface area contributed by atoms with Crippen molar-refractivity contribution in [2.45, 2.75) is 44.9 Å². The van der Waals surface area contributed by atoms with Crippen LogP contribution < -0.4 is 0 Å². The molecular weight excluding hydrogens is 326 g/mol. The minimum absolute atomic E-state index is 0.693. The molecule has 0 amide bonds. The predicted molar refractivity (Wildman–Crippen MR) is 113 cm³/mol. The van der Waals surface area contributed by atoms with Gasteiger partial charge in [0.2, 0.25) is 0 Å². The molecule has 3 saturated carbocycles. The minimum atomic E-state index is 0.693. The first-order chi connectivity index (χ1) is 13.3. The van der Waals surface area contributed by atoms with Crippen LogP contribution in [0.5, 0.6) is 0 Å². The molecular formula is C26H27N. The molecule has 27 heavy (non-hydrogen) atoms. The third-order valence-electron chi connectivity index (χ3n) is 6.89. The molecule has 1 heteroatoms. The van der Waals surface area contributed by atoms with Crippen molar-refractivity contribution >= 4 is 0 Å². The summed E-state index contributed by atoms with van der Waals surface area (Å²) in [6, 6.07) is 21.9. The molecule has 6 rings (SSSR count). The molecule has 0 saturated heterocycles. The Bertz CT molecular complexity index is 935. The zero-order valence-corrected chi connectivity index (χ0v) is 16.1. The molecule has 0 N–H and O–H groups in total. The van der Waals surface area contributed by atoms with Gasteiger partial charge in [0.15, 0.2) is 0 Å². The van der Waals surface area contributed by atoms with Gasteiger partial charge in [-0.25, -0.2) is 0 Å². The summed E-state index contributed by atoms with van der Waals surface area (Å²) >= 11 is 0. The third-order valence-corrected chi connectivity index (χ3v) is 6.89. The number of hydrogen-bond acceptors (Lipinski definition) is 1. The Morgan fingerprint density at radius 1 is 0.815 bits per heavy atom. The van der Waals surface area contributed by atoms with Gasteiger partial charge in [-0.15, -0.1) is 0 Å². The summed E-state index contributed by atoms with van der Waals surface area (Å²) < 4.78 is 0. The average molecular weight is 354 g/mol. The van der Waals surface area contributed by atoms with Gasteiger partial charge in [-0.3, -0.25) is 4.98 Å². The van der Waals surface area contributed by atoms with E-state index in [0.29, 0.717) is 5.92 Å². The molecule has 0 aliphatic heterocycles. The highest BCUT2D eigenvalue weighted by atomic mass is 14.7. The molecule has 0 spiro atoms. The highest BCUT2D eigenvalue weighted by Gasteiger charge is 2.37. The van der Waals surface area contributed by atoms with Crippen molar-refractivity contribution in [1.29, 1.82) is 0 Å². The van der Waals surface area contributed by atoms with Gasteiger partial charge in [0.25, 0.3) is 0 Å². The van der Waals surface area contributed by atoms with Crippen molar-refractivity contribution in [3.63, 3.8) is 0 Å². The van der Waals surface area contributed by atoms with Gasteiger partial charge in [-0.2, -0.15) is 0 Å². The van der Waals surface area contributed by atoms with Crippen molar-refractivity contribution in [2.24, 2.45) is 11.8 Å². The Hall–Kier alpha value is -2.41. The third kappa shape index (κ3) is 3.10. The Balaban J connectivity index is 1.65. The topological polar surface area (TPSA) is 12.9 Å². The van der Waals surface area contributed by atoms with E-state index >= 15 is 0 Å². The van der Waals surface area contributed by atoms with E-state index in [0.717, 1.165) is 17.5 Å². The van der Waals surface area contributed by atoms with Gasteiger partial charge in [-0.05, 0) is 66.7 Å². The van der Waals surface area contributed by atoms with Crippen LogP contribution in [0.3, 0.4) is 0 Å². The van der Waals surface area contributed by atoms with E-state index in [-0.39, 0.29) is 0 Å². The number of rotatable bonds is 3. The van der Waals surface area contributed by atoms with Gasteiger partial charge >= 0.3 is 0 Å². The summed E-state index contributed by atoms with van der Waals surface area (Å²) in [5.41, 5.74) is 7.87. The fraction of sp³-hybridized carbons (Fsp3) is 0.346. The lowest BCUT2D eigenvalue weighted by Crippen LogP contribution is -2.30. The maximum absolute atomic E-state index is 4.90. The number of pyridine rings is 1. The molecule has 3 aliphatic carbocycles. The normalized spacial score (nSPS) is 24.1. The van der Waals surface area contributed by atoms with E-state index in [9.17, 15) is 0 Å². The van der Waals surface area contributed by atoms with Crippen molar-refractivity contribution in [1.82, 2.24) is 4.98 Å². The molecule has 1 atom stereocenters. The number of nitrogens with zero attached hydrogens (tertiary/aromatic N) is 1. The fourth-order valence-corrected chi connectivity index (χ4v) is 5.40. The van der Waals surface area contributed by atoms with Gasteiger partial charge in [-0.1, -0.05) is 67.4 Å². The monoisotopic (exact) mass is 353 g/mol. The molecule has 0 radical (unpaired) electrons. The van der Waals surface area contributed by atoms with Gasteiger partial charge < -0.3 is 0 Å². The van der Waals surface area contributed by atoms with E-state index in [1.54, 1.807) is 0 Å². The van der Waals surface area contributed by atoms with Crippen LogP contribution in [-0.2, 0) is 0 Å². The summed E-state index contributed by atoms with van der Waals surface area (Å²) in [4.78, 5) is 4.90. The zero-order chi connectivity index (χ0) is 18.2. The Kier molecular flexibility index (Phi) is 4.32. The van der Waals surface area contributed by atoms with E-state index < -0.39 is 0 Å². The largest absolute Gasteiger partial charge is 0.256 e. The highest BCUT2D eigenvalue weighted by Crippen LogP contribution is 2.51. The van der Waals surface area contributed by atoms with E-state index in [4.69, 9.17) is 4.98 Å². The number of aryl methyl sites for hydroxylation is 1. The Labute approximate surface area is 162 Å². The van der Waals surface area contributed by atoms with Crippen LogP contribution in [0.2, 0.25) is 0 Å². The number of aromatic nitrogens is 1. The second-order valence-corrected chi connectivity index (χ2v) is 8.46. The lowest BCUT2D eigenvalue weighted by Gasteiger charge is -2.43. The molecule has 3 fully saturated rings. The molecule has 3 aromatic rings. The molecule has 136 valence electrons. The summed E-state index contributed by atoms with van der Waals surface area (Å²) in [5, 5.41) is 0. The molecule has 1 aromatic heterocycles. The molecule has 1 heterocycles. The first-order valence-corrected chi connectivity index (χ1v) is 10.4. The Morgan fingerprint density at radius 2 is 1.56 bits per heavy atom. The van der Waals surface area contributed by atoms with Crippen LogP contribution in [0, 0.1) is 18.8 Å². The lowest BCUT2D eigenvalue weighted by atomic mass is 9.62. The SMILES string of the molecule is Cc1ccccc1-c1cc(C2CC3CCC2CC3)c(-c2ccccc2)cn1. The van der Waals surface area contributed by atoms with E-state index in [2.05, 4.69) is 73.8 Å². The van der Waals surface area contributed by atoms with Crippen LogP contribution in [0.25, 0.3) is 22.4 Å². The van der Waals surface area contributed by atoms with Gasteiger partial charge in [0, 0.05) is 17.3 Å². The van der Waals surface area contributed by atoms with Crippen molar-refractivity contribution in [2.75, 3.05) is 0 Å². The summed E-state index contributed by atoms with van der Waals surface area (Å²) in [5.74, 6) is 2.47. The molecule has 1 unspecified atom stereocenters. The van der Waals surface area contributed by atoms with Crippen LogP contribution in [0.15, 0.2) is 66.9 Å². The maximum atomic E-state index is 4.90. The van der Waals surface area contributed by atoms with Crippen molar-refractivity contribution < 1.29 is 0 Å². The van der Waals surface area contributed by atoms with Crippen LogP contribution >= 0.6 is 0 Å². The van der Waals surface area contributed by atoms with Crippen molar-refractivity contribution in [3.05, 3.63) is 78.0 Å². The van der Waals surface area contributed by atoms with Gasteiger partial charge in [0.05, 0.1) is 5.69 Å². The Morgan fingerprint density at radius 3 is 2.26 bits per heavy atom. The number of fused-ring (bicyclic) bond motifs is 3. The summed E-state index contributed by atoms with van der Waals surface area (Å²) in [6.45, 7) is 2.18. The molecule has 1 nitrogen and oxygen atoms in total. The number of benzene rings is 2. The second-order valence-electron chi connectivity index (χ2n) is 8.46. The van der Waals surface area contributed by atoms with Crippen LogP contribution in [-0.4, -0.2) is 4.98 Å². The van der Waals surface area contributed by atoms with E-state index in [1.165, 1.54) is 59.9 Å². The summed E-state index contributed by atoms with van der Waals surface area (Å²) in [6.07, 6.45) is 9.20. The predicted octanol–water partition coefficient (Wildman–Crippen LogP) is 7.02. The van der Waals surface area contributed by atoms with Crippen molar-refractivity contribution in [3.8, 4) is 22.4 Å². The first-order valence-electron chi connectivity index (χ1n) is 10.4. The maximum Gasteiger partial charge on any atom is 0.0707 e. The van der Waals surface area contributed by atoms with Crippen LogP contribution in [0.1, 0.15) is 49.1 Å². The van der Waals surface area contributed by atoms with Crippen LogP contribution in [0.4, 0.5) is 0 Å².